The van der Waals surface area contributed by atoms with E-state index in [1.165, 1.54) is 4.90 Å². The van der Waals surface area contributed by atoms with Gasteiger partial charge in [-0.15, -0.1) is 0 Å². The number of Topliss-reactive ketones (excluding diaryl/α,β-unsaturated/α-hetero) is 1. The van der Waals surface area contributed by atoms with Crippen LogP contribution in [0.1, 0.15) is 27.3 Å². The minimum atomic E-state index is 0.225. The van der Waals surface area contributed by atoms with Gasteiger partial charge in [0.25, 0.3) is 5.82 Å². The highest BCUT2D eigenvalue weighted by Gasteiger charge is 2.28. The highest BCUT2D eigenvalue weighted by molar-refractivity contribution is 6.31. The molecule has 0 saturated carbocycles. The lowest BCUT2D eigenvalue weighted by Crippen LogP contribution is -3.15. The average Bonchev–Trinajstić information content (AvgIpc) is 3.05. The number of hydrogen-bond acceptors (Lipinski definition) is 2. The topological polar surface area (TPSA) is 43.8 Å². The van der Waals surface area contributed by atoms with Crippen LogP contribution in [0.25, 0.3) is 0 Å². The zero-order valence-electron chi connectivity index (χ0n) is 17.6. The number of benzene rings is 1. The van der Waals surface area contributed by atoms with Gasteiger partial charge < -0.3 is 9.47 Å². The fourth-order valence-corrected chi connectivity index (χ4v) is 4.46. The van der Waals surface area contributed by atoms with Crippen LogP contribution in [-0.2, 0) is 6.54 Å². The Hall–Kier alpha value is -2.63. The smallest absolute Gasteiger partial charge is 0.274 e. The Bertz CT molecular complexity index is 1020. The Balaban J connectivity index is 1.40. The summed E-state index contributed by atoms with van der Waals surface area (Å²) in [5, 5.41) is 0.760. The molecule has 2 N–H and O–H groups in total. The molecule has 1 aromatic carbocycles. The number of piperazine rings is 1. The van der Waals surface area contributed by atoms with E-state index in [9.17, 15) is 4.79 Å². The molecule has 3 aromatic rings. The number of aromatic nitrogens is 2. The lowest BCUT2D eigenvalue weighted by molar-refractivity contribution is -0.892. The number of carbonyl (C=O) groups excluding carboxylic acids is 1. The Morgan fingerprint density at radius 2 is 1.83 bits per heavy atom. The SMILES string of the molecule is Cc1cc(C(=O)C[NH+]2CCN(c3cccc[nH+]3)CC2)c(C)n1Cc1ccccc1Cl. The molecule has 6 heteroatoms. The monoisotopic (exact) mass is 424 g/mol. The van der Waals surface area contributed by atoms with Crippen molar-refractivity contribution < 1.29 is 14.7 Å². The van der Waals surface area contributed by atoms with Crippen LogP contribution in [0.5, 0.6) is 0 Å². The molecule has 2 aromatic heterocycles. The van der Waals surface area contributed by atoms with E-state index in [1.54, 1.807) is 0 Å². The third-order valence-corrected chi connectivity index (χ3v) is 6.44. The van der Waals surface area contributed by atoms with E-state index >= 15 is 0 Å². The number of nitrogens with zero attached hydrogens (tertiary/aromatic N) is 2. The molecule has 1 saturated heterocycles. The summed E-state index contributed by atoms with van der Waals surface area (Å²) in [7, 11) is 0. The summed E-state index contributed by atoms with van der Waals surface area (Å²) in [6.45, 7) is 9.16. The minimum Gasteiger partial charge on any atom is -0.344 e. The van der Waals surface area contributed by atoms with Crippen LogP contribution in [0, 0.1) is 13.8 Å². The quantitative estimate of drug-likeness (QED) is 0.616. The molecule has 0 aliphatic carbocycles. The van der Waals surface area contributed by atoms with Crippen molar-refractivity contribution in [2.24, 2.45) is 0 Å². The molecule has 1 fully saturated rings. The number of H-pyrrole nitrogens is 1. The number of rotatable bonds is 6. The first-order valence-corrected chi connectivity index (χ1v) is 10.9. The van der Waals surface area contributed by atoms with Gasteiger partial charge in [-0.3, -0.25) is 9.69 Å². The summed E-state index contributed by atoms with van der Waals surface area (Å²) in [5.74, 6) is 1.37. The third kappa shape index (κ3) is 4.42. The molecule has 0 spiro atoms. The van der Waals surface area contributed by atoms with E-state index in [2.05, 4.69) is 27.4 Å². The second kappa shape index (κ2) is 9.02. The maximum Gasteiger partial charge on any atom is 0.274 e. The van der Waals surface area contributed by atoms with Gasteiger partial charge in [-0.25, -0.2) is 4.98 Å². The highest BCUT2D eigenvalue weighted by Crippen LogP contribution is 2.21. The summed E-state index contributed by atoms with van der Waals surface area (Å²) >= 11 is 6.34. The van der Waals surface area contributed by atoms with Gasteiger partial charge in [0.1, 0.15) is 32.7 Å². The average molecular weight is 425 g/mol. The fraction of sp³-hybridized carbons (Fsp3) is 0.333. The van der Waals surface area contributed by atoms with E-state index in [1.807, 2.05) is 55.6 Å². The van der Waals surface area contributed by atoms with Crippen molar-refractivity contribution in [3.05, 3.63) is 82.3 Å². The molecule has 1 aliphatic rings. The van der Waals surface area contributed by atoms with Crippen molar-refractivity contribution in [3.63, 3.8) is 0 Å². The van der Waals surface area contributed by atoms with E-state index in [-0.39, 0.29) is 5.78 Å². The number of nitrogens with one attached hydrogen (secondary N) is 2. The fourth-order valence-electron chi connectivity index (χ4n) is 4.27. The molecular weight excluding hydrogens is 396 g/mol. The van der Waals surface area contributed by atoms with Crippen LogP contribution in [0.4, 0.5) is 5.82 Å². The first-order valence-electron chi connectivity index (χ1n) is 10.5. The standard InChI is InChI=1S/C24H27ClN4O/c1-18-15-21(19(2)29(18)16-20-7-3-4-8-22(20)25)23(30)17-27-11-13-28(14-12-27)24-9-5-6-10-26-24/h3-10,15H,11-14,16-17H2,1-2H3/p+2. The Kier molecular flexibility index (Phi) is 6.21. The molecule has 0 unspecified atom stereocenters. The number of halogens is 1. The lowest BCUT2D eigenvalue weighted by atomic mass is 10.1. The third-order valence-electron chi connectivity index (χ3n) is 6.07. The van der Waals surface area contributed by atoms with E-state index in [0.29, 0.717) is 13.1 Å². The molecule has 0 bridgehead atoms. The predicted molar refractivity (Wildman–Crippen MR) is 120 cm³/mol. The second-order valence-corrected chi connectivity index (χ2v) is 8.45. The molecular formula is C24H29ClN4O+2. The van der Waals surface area contributed by atoms with Crippen molar-refractivity contribution in [1.29, 1.82) is 0 Å². The first kappa shape index (κ1) is 20.6. The van der Waals surface area contributed by atoms with E-state index in [4.69, 9.17) is 11.6 Å². The number of carbonyl (C=O) groups is 1. The first-order chi connectivity index (χ1) is 14.5. The highest BCUT2D eigenvalue weighted by atomic mass is 35.5. The number of anilines is 1. The van der Waals surface area contributed by atoms with Gasteiger partial charge in [-0.1, -0.05) is 35.9 Å². The van der Waals surface area contributed by atoms with Gasteiger partial charge in [0.2, 0.25) is 5.78 Å². The maximum absolute atomic E-state index is 13.1. The van der Waals surface area contributed by atoms with Crippen molar-refractivity contribution in [1.82, 2.24) is 4.57 Å². The van der Waals surface area contributed by atoms with Gasteiger partial charge in [0.05, 0.1) is 6.20 Å². The number of quaternary nitrogens is 1. The van der Waals surface area contributed by atoms with Gasteiger partial charge in [0.15, 0.2) is 0 Å². The predicted octanol–water partition coefficient (Wildman–Crippen LogP) is 2.21. The molecule has 5 nitrogen and oxygen atoms in total. The van der Waals surface area contributed by atoms with E-state index in [0.717, 1.165) is 59.5 Å². The largest absolute Gasteiger partial charge is 0.344 e. The number of aryl methyl sites for hydroxylation is 1. The second-order valence-electron chi connectivity index (χ2n) is 8.05. The van der Waals surface area contributed by atoms with Crippen LogP contribution < -0.4 is 14.8 Å². The minimum absolute atomic E-state index is 0.225. The van der Waals surface area contributed by atoms with Crippen molar-refractivity contribution in [2.75, 3.05) is 37.6 Å². The van der Waals surface area contributed by atoms with Crippen molar-refractivity contribution in [3.8, 4) is 0 Å². The van der Waals surface area contributed by atoms with Gasteiger partial charge in [0, 0.05) is 34.6 Å². The van der Waals surface area contributed by atoms with Crippen LogP contribution in [0.3, 0.4) is 0 Å². The number of hydrogen-bond donors (Lipinski definition) is 1. The van der Waals surface area contributed by atoms with Gasteiger partial charge >= 0.3 is 0 Å². The summed E-state index contributed by atoms with van der Waals surface area (Å²) in [4.78, 5) is 20.1. The van der Waals surface area contributed by atoms with Crippen molar-refractivity contribution >= 4 is 23.2 Å². The molecule has 0 atom stereocenters. The molecule has 30 heavy (non-hydrogen) atoms. The molecule has 4 rings (SSSR count). The summed E-state index contributed by atoms with van der Waals surface area (Å²) in [6, 6.07) is 16.1. The molecule has 0 amide bonds. The van der Waals surface area contributed by atoms with Gasteiger partial charge in [-0.2, -0.15) is 0 Å². The summed E-state index contributed by atoms with van der Waals surface area (Å²) < 4.78 is 2.19. The van der Waals surface area contributed by atoms with Crippen LogP contribution in [0.2, 0.25) is 5.02 Å². The number of pyridine rings is 1. The summed E-state index contributed by atoms with van der Waals surface area (Å²) in [5.41, 5.74) is 4.02. The van der Waals surface area contributed by atoms with Crippen LogP contribution in [0.15, 0.2) is 54.7 Å². The zero-order chi connectivity index (χ0) is 21.1. The normalized spacial score (nSPS) is 14.8. The Labute approximate surface area is 182 Å². The van der Waals surface area contributed by atoms with Crippen LogP contribution in [-0.4, -0.2) is 43.1 Å². The Morgan fingerprint density at radius 3 is 2.53 bits per heavy atom. The number of aromatic amines is 1. The molecule has 0 radical (unpaired) electrons. The molecule has 156 valence electrons. The lowest BCUT2D eigenvalue weighted by Gasteiger charge is -2.27. The maximum atomic E-state index is 13.1. The van der Waals surface area contributed by atoms with E-state index < -0.39 is 0 Å². The molecule has 1 aliphatic heterocycles. The van der Waals surface area contributed by atoms with Gasteiger partial charge in [-0.05, 0) is 37.6 Å². The summed E-state index contributed by atoms with van der Waals surface area (Å²) in [6.07, 6.45) is 1.95. The Morgan fingerprint density at radius 1 is 1.10 bits per heavy atom. The zero-order valence-corrected chi connectivity index (χ0v) is 18.4. The van der Waals surface area contributed by atoms with Crippen LogP contribution >= 0.6 is 11.6 Å². The van der Waals surface area contributed by atoms with Crippen molar-refractivity contribution in [2.45, 2.75) is 20.4 Å². The molecule has 3 heterocycles. The number of ketones is 1.